The van der Waals surface area contributed by atoms with Crippen molar-refractivity contribution in [1.29, 1.82) is 0 Å². The molecule has 2 aromatic carbocycles. The molecule has 4 unspecified atom stereocenters. The normalized spacial score (nSPS) is 25.1. The Bertz CT molecular complexity index is 791. The first kappa shape index (κ1) is 19.1. The molecule has 2 aromatic rings. The Balaban J connectivity index is 1.89. The van der Waals surface area contributed by atoms with Crippen molar-refractivity contribution in [3.63, 3.8) is 0 Å². The van der Waals surface area contributed by atoms with Crippen LogP contribution in [0.1, 0.15) is 12.5 Å². The number of carbonyl (C=O) groups excluding carboxylic acids is 2. The number of benzene rings is 2. The van der Waals surface area contributed by atoms with E-state index in [9.17, 15) is 9.59 Å². The molecule has 27 heavy (non-hydrogen) atoms. The minimum atomic E-state index is -0.441. The number of likely N-dealkylation sites (tertiary alicyclic amines) is 1. The number of nitrogens with zero attached hydrogens (tertiary/aromatic N) is 2. The number of carbonyl (C=O) groups is 2. The fourth-order valence-electron chi connectivity index (χ4n) is 4.06. The van der Waals surface area contributed by atoms with Crippen molar-refractivity contribution in [2.45, 2.75) is 25.6 Å². The molecule has 1 heterocycles. The molecule has 0 radical (unpaired) electrons. The number of amides is 1. The zero-order chi connectivity index (χ0) is 19.4. The van der Waals surface area contributed by atoms with E-state index in [1.165, 1.54) is 0 Å². The van der Waals surface area contributed by atoms with Crippen LogP contribution in [0.4, 0.5) is 5.69 Å². The number of hydrogen-bond acceptors (Lipinski definition) is 3. The van der Waals surface area contributed by atoms with E-state index in [-0.39, 0.29) is 23.9 Å². The average Bonchev–Trinajstić information content (AvgIpc) is 2.99. The monoisotopic (exact) mass is 362 g/mol. The van der Waals surface area contributed by atoms with Crippen LogP contribution in [0.25, 0.3) is 0 Å². The van der Waals surface area contributed by atoms with E-state index in [1.807, 2.05) is 61.5 Å². The lowest BCUT2D eigenvalue weighted by Crippen LogP contribution is -2.41. The SMILES string of the molecule is C=CC1C(C(=O)N(C)c2ccccc2)C(C=O)C(C)N1Cc1ccccc1. The van der Waals surface area contributed by atoms with Gasteiger partial charge in [-0.3, -0.25) is 9.69 Å². The largest absolute Gasteiger partial charge is 0.315 e. The highest BCUT2D eigenvalue weighted by Crippen LogP contribution is 2.37. The van der Waals surface area contributed by atoms with Crippen LogP contribution in [0, 0.1) is 11.8 Å². The van der Waals surface area contributed by atoms with Gasteiger partial charge in [-0.05, 0) is 24.6 Å². The van der Waals surface area contributed by atoms with Gasteiger partial charge in [-0.2, -0.15) is 0 Å². The highest BCUT2D eigenvalue weighted by molar-refractivity contribution is 5.97. The second-order valence-electron chi connectivity index (χ2n) is 7.10. The van der Waals surface area contributed by atoms with Gasteiger partial charge in [0.05, 0.1) is 5.92 Å². The summed E-state index contributed by atoms with van der Waals surface area (Å²) < 4.78 is 0. The summed E-state index contributed by atoms with van der Waals surface area (Å²) in [6.45, 7) is 6.68. The molecule has 0 aromatic heterocycles. The van der Waals surface area contributed by atoms with Crippen molar-refractivity contribution in [2.75, 3.05) is 11.9 Å². The molecular formula is C23H26N2O2. The van der Waals surface area contributed by atoms with Crippen molar-refractivity contribution < 1.29 is 9.59 Å². The van der Waals surface area contributed by atoms with Gasteiger partial charge in [0.25, 0.3) is 0 Å². The van der Waals surface area contributed by atoms with Gasteiger partial charge in [0, 0.05) is 37.3 Å². The first-order valence-corrected chi connectivity index (χ1v) is 9.28. The van der Waals surface area contributed by atoms with Crippen LogP contribution in [0.3, 0.4) is 0 Å². The van der Waals surface area contributed by atoms with E-state index in [0.29, 0.717) is 6.54 Å². The van der Waals surface area contributed by atoms with Gasteiger partial charge in [0.1, 0.15) is 6.29 Å². The quantitative estimate of drug-likeness (QED) is 0.583. The van der Waals surface area contributed by atoms with E-state index < -0.39 is 5.92 Å². The molecule has 1 aliphatic heterocycles. The molecule has 1 fully saturated rings. The molecule has 1 aliphatic rings. The molecule has 0 N–H and O–H groups in total. The smallest absolute Gasteiger partial charge is 0.232 e. The molecule has 140 valence electrons. The van der Waals surface area contributed by atoms with Crippen molar-refractivity contribution in [2.24, 2.45) is 11.8 Å². The summed E-state index contributed by atoms with van der Waals surface area (Å²) in [5.74, 6) is -0.857. The minimum Gasteiger partial charge on any atom is -0.315 e. The van der Waals surface area contributed by atoms with Crippen LogP contribution in [0.5, 0.6) is 0 Å². The third-order valence-corrected chi connectivity index (χ3v) is 5.61. The van der Waals surface area contributed by atoms with Gasteiger partial charge in [-0.25, -0.2) is 0 Å². The maximum Gasteiger partial charge on any atom is 0.232 e. The lowest BCUT2D eigenvalue weighted by atomic mass is 9.87. The number of aldehydes is 1. The maximum absolute atomic E-state index is 13.3. The first-order chi connectivity index (χ1) is 13.1. The lowest BCUT2D eigenvalue weighted by molar-refractivity contribution is -0.126. The molecule has 4 atom stereocenters. The van der Waals surface area contributed by atoms with E-state index in [0.717, 1.165) is 17.5 Å². The van der Waals surface area contributed by atoms with Crippen LogP contribution in [-0.2, 0) is 16.1 Å². The van der Waals surface area contributed by atoms with Crippen LogP contribution in [0.15, 0.2) is 73.3 Å². The highest BCUT2D eigenvalue weighted by Gasteiger charge is 2.49. The van der Waals surface area contributed by atoms with Gasteiger partial charge in [0.2, 0.25) is 5.91 Å². The zero-order valence-electron chi connectivity index (χ0n) is 15.9. The highest BCUT2D eigenvalue weighted by atomic mass is 16.2. The predicted octanol–water partition coefficient (Wildman–Crippen LogP) is 3.54. The summed E-state index contributed by atoms with van der Waals surface area (Å²) in [4.78, 5) is 29.1. The molecule has 0 aliphatic carbocycles. The summed E-state index contributed by atoms with van der Waals surface area (Å²) in [7, 11) is 1.77. The summed E-state index contributed by atoms with van der Waals surface area (Å²) in [6.07, 6.45) is 2.75. The second kappa shape index (κ2) is 8.31. The number of para-hydroxylation sites is 1. The van der Waals surface area contributed by atoms with Gasteiger partial charge in [-0.15, -0.1) is 6.58 Å². The van der Waals surface area contributed by atoms with E-state index >= 15 is 0 Å². The van der Waals surface area contributed by atoms with Crippen molar-refractivity contribution in [1.82, 2.24) is 4.90 Å². The van der Waals surface area contributed by atoms with E-state index in [1.54, 1.807) is 11.9 Å². The third-order valence-electron chi connectivity index (χ3n) is 5.61. The fourth-order valence-corrected chi connectivity index (χ4v) is 4.06. The van der Waals surface area contributed by atoms with Crippen molar-refractivity contribution in [3.05, 3.63) is 78.9 Å². The lowest BCUT2D eigenvalue weighted by Gasteiger charge is -2.29. The minimum absolute atomic E-state index is 0.0381. The molecule has 0 bridgehead atoms. The van der Waals surface area contributed by atoms with Crippen molar-refractivity contribution >= 4 is 17.9 Å². The van der Waals surface area contributed by atoms with Gasteiger partial charge in [-0.1, -0.05) is 54.6 Å². The van der Waals surface area contributed by atoms with Crippen molar-refractivity contribution in [3.8, 4) is 0 Å². The fraction of sp³-hybridized carbons (Fsp3) is 0.304. The predicted molar refractivity (Wildman–Crippen MR) is 108 cm³/mol. The first-order valence-electron chi connectivity index (χ1n) is 9.28. The third kappa shape index (κ3) is 3.71. The summed E-state index contributed by atoms with van der Waals surface area (Å²) in [5, 5.41) is 0. The standard InChI is InChI=1S/C23H26N2O2/c1-4-21-22(23(27)24(3)19-13-9-6-10-14-19)20(16-26)17(2)25(21)15-18-11-7-5-8-12-18/h4-14,16-17,20-22H,1,15H2,2-3H3. The van der Waals surface area contributed by atoms with Crippen LogP contribution < -0.4 is 4.90 Å². The number of rotatable bonds is 6. The van der Waals surface area contributed by atoms with Gasteiger partial charge < -0.3 is 9.69 Å². The van der Waals surface area contributed by atoms with Gasteiger partial charge in [0.15, 0.2) is 0 Å². The number of hydrogen-bond donors (Lipinski definition) is 0. The maximum atomic E-state index is 13.3. The Labute approximate surface area is 161 Å². The second-order valence-corrected chi connectivity index (χ2v) is 7.10. The molecule has 3 rings (SSSR count). The Morgan fingerprint density at radius 2 is 1.70 bits per heavy atom. The molecule has 4 nitrogen and oxygen atoms in total. The summed E-state index contributed by atoms with van der Waals surface area (Å²) >= 11 is 0. The molecule has 0 spiro atoms. The Morgan fingerprint density at radius 1 is 1.11 bits per heavy atom. The van der Waals surface area contributed by atoms with Crippen LogP contribution >= 0.6 is 0 Å². The molecule has 4 heteroatoms. The topological polar surface area (TPSA) is 40.6 Å². The van der Waals surface area contributed by atoms with E-state index in [4.69, 9.17) is 0 Å². The summed E-state index contributed by atoms with van der Waals surface area (Å²) in [6, 6.07) is 19.4. The number of anilines is 1. The molecule has 1 amide bonds. The Hall–Kier alpha value is -2.72. The van der Waals surface area contributed by atoms with Gasteiger partial charge >= 0.3 is 0 Å². The van der Waals surface area contributed by atoms with Crippen LogP contribution in [-0.4, -0.2) is 36.2 Å². The average molecular weight is 362 g/mol. The zero-order valence-corrected chi connectivity index (χ0v) is 15.9. The van der Waals surface area contributed by atoms with E-state index in [2.05, 4.69) is 23.6 Å². The summed E-state index contributed by atoms with van der Waals surface area (Å²) in [5.41, 5.74) is 1.98. The molecular weight excluding hydrogens is 336 g/mol. The molecule has 1 saturated heterocycles. The molecule has 0 saturated carbocycles. The Kier molecular flexibility index (Phi) is 5.87. The van der Waals surface area contributed by atoms with Crippen LogP contribution in [0.2, 0.25) is 0 Å². The Morgan fingerprint density at radius 3 is 2.26 bits per heavy atom.